The van der Waals surface area contributed by atoms with Crippen LogP contribution in [0, 0.1) is 0 Å². The molecule has 0 saturated carbocycles. The molecule has 0 atom stereocenters. The minimum atomic E-state index is -0.360. The predicted octanol–water partition coefficient (Wildman–Crippen LogP) is 2.29. The monoisotopic (exact) mass is 333 g/mol. The van der Waals surface area contributed by atoms with Crippen molar-refractivity contribution in [2.75, 3.05) is 34.4 Å². The van der Waals surface area contributed by atoms with Crippen LogP contribution < -0.4 is 9.47 Å². The summed E-state index contributed by atoms with van der Waals surface area (Å²) in [5, 5.41) is 0. The van der Waals surface area contributed by atoms with Crippen LogP contribution in [0.4, 0.5) is 0 Å². The van der Waals surface area contributed by atoms with Gasteiger partial charge in [-0.2, -0.15) is 0 Å². The third kappa shape index (κ3) is 5.79. The average molecular weight is 333 g/mol. The first-order valence-corrected chi connectivity index (χ1v) is 7.42. The van der Waals surface area contributed by atoms with Crippen LogP contribution in [-0.2, 0) is 14.3 Å². The van der Waals surface area contributed by atoms with Gasteiger partial charge in [0.2, 0.25) is 5.91 Å². The van der Waals surface area contributed by atoms with Gasteiger partial charge < -0.3 is 19.1 Å². The number of nitrogens with zero attached hydrogens (tertiary/aromatic N) is 1. The number of hydrogen-bond acceptors (Lipinski definition) is 5. The quantitative estimate of drug-likeness (QED) is 0.394. The van der Waals surface area contributed by atoms with Gasteiger partial charge in [0.1, 0.15) is 0 Å². The standard InChI is InChI=1S/C18H23NO5/c1-5-11-19(12-10-18(21)24-4)17(20)9-7-14-6-8-15(22-2)16(13-14)23-3/h5-9,13H,1,10-12H2,2-4H3/b9-7+. The van der Waals surface area contributed by atoms with Crippen molar-refractivity contribution >= 4 is 18.0 Å². The number of amides is 1. The Labute approximate surface area is 142 Å². The molecule has 1 aromatic carbocycles. The summed E-state index contributed by atoms with van der Waals surface area (Å²) >= 11 is 0. The topological polar surface area (TPSA) is 65.1 Å². The van der Waals surface area contributed by atoms with Gasteiger partial charge in [0, 0.05) is 19.2 Å². The normalized spacial score (nSPS) is 10.3. The first kappa shape index (κ1) is 19.3. The van der Waals surface area contributed by atoms with Crippen molar-refractivity contribution in [1.29, 1.82) is 0 Å². The van der Waals surface area contributed by atoms with E-state index in [1.807, 2.05) is 6.07 Å². The molecule has 0 bridgehead atoms. The first-order chi connectivity index (χ1) is 11.5. The molecule has 1 amide bonds. The van der Waals surface area contributed by atoms with E-state index in [0.717, 1.165) is 5.56 Å². The smallest absolute Gasteiger partial charge is 0.307 e. The zero-order valence-corrected chi connectivity index (χ0v) is 14.3. The summed E-state index contributed by atoms with van der Waals surface area (Å²) in [5.41, 5.74) is 0.799. The van der Waals surface area contributed by atoms with Gasteiger partial charge in [0.25, 0.3) is 0 Å². The van der Waals surface area contributed by atoms with Crippen LogP contribution >= 0.6 is 0 Å². The molecule has 1 rings (SSSR count). The molecule has 0 aromatic heterocycles. The molecule has 0 aliphatic heterocycles. The summed E-state index contributed by atoms with van der Waals surface area (Å²) in [4.78, 5) is 25.0. The van der Waals surface area contributed by atoms with Gasteiger partial charge in [-0.05, 0) is 23.8 Å². The fourth-order valence-electron chi connectivity index (χ4n) is 2.01. The summed E-state index contributed by atoms with van der Waals surface area (Å²) < 4.78 is 15.0. The zero-order chi connectivity index (χ0) is 17.9. The average Bonchev–Trinajstić information content (AvgIpc) is 2.62. The van der Waals surface area contributed by atoms with E-state index in [1.165, 1.54) is 18.1 Å². The van der Waals surface area contributed by atoms with E-state index in [0.29, 0.717) is 18.0 Å². The predicted molar refractivity (Wildman–Crippen MR) is 92.0 cm³/mol. The summed E-state index contributed by atoms with van der Waals surface area (Å²) in [7, 11) is 4.43. The Hall–Kier alpha value is -2.76. The highest BCUT2D eigenvalue weighted by atomic mass is 16.5. The Morgan fingerprint density at radius 3 is 2.46 bits per heavy atom. The summed E-state index contributed by atoms with van der Waals surface area (Å²) in [6.07, 6.45) is 4.88. The maximum absolute atomic E-state index is 12.3. The minimum Gasteiger partial charge on any atom is -0.493 e. The summed E-state index contributed by atoms with van der Waals surface area (Å²) in [6.45, 7) is 4.25. The van der Waals surface area contributed by atoms with Crippen LogP contribution in [0.3, 0.4) is 0 Å². The van der Waals surface area contributed by atoms with Crippen molar-refractivity contribution in [3.8, 4) is 11.5 Å². The van der Waals surface area contributed by atoms with E-state index in [-0.39, 0.29) is 24.8 Å². The van der Waals surface area contributed by atoms with Gasteiger partial charge in [-0.1, -0.05) is 12.1 Å². The molecule has 6 heteroatoms. The van der Waals surface area contributed by atoms with Crippen molar-refractivity contribution in [3.05, 3.63) is 42.5 Å². The van der Waals surface area contributed by atoms with Crippen molar-refractivity contribution in [1.82, 2.24) is 4.90 Å². The molecule has 24 heavy (non-hydrogen) atoms. The van der Waals surface area contributed by atoms with E-state index < -0.39 is 0 Å². The third-order valence-corrected chi connectivity index (χ3v) is 3.30. The van der Waals surface area contributed by atoms with E-state index in [2.05, 4.69) is 11.3 Å². The van der Waals surface area contributed by atoms with Crippen LogP contribution in [0.25, 0.3) is 6.08 Å². The molecule has 6 nitrogen and oxygen atoms in total. The van der Waals surface area contributed by atoms with Gasteiger partial charge in [-0.25, -0.2) is 0 Å². The fraction of sp³-hybridized carbons (Fsp3) is 0.333. The highest BCUT2D eigenvalue weighted by Crippen LogP contribution is 2.27. The molecule has 0 radical (unpaired) electrons. The number of hydrogen-bond donors (Lipinski definition) is 0. The molecule has 0 saturated heterocycles. The molecule has 0 unspecified atom stereocenters. The SMILES string of the molecule is C=CCN(CCC(=O)OC)C(=O)/C=C/c1ccc(OC)c(OC)c1. The minimum absolute atomic E-state index is 0.139. The van der Waals surface area contributed by atoms with Crippen LogP contribution in [-0.4, -0.2) is 51.2 Å². The fourth-order valence-corrected chi connectivity index (χ4v) is 2.01. The van der Waals surface area contributed by atoms with Gasteiger partial charge in [-0.15, -0.1) is 6.58 Å². The Morgan fingerprint density at radius 2 is 1.88 bits per heavy atom. The first-order valence-electron chi connectivity index (χ1n) is 7.42. The van der Waals surface area contributed by atoms with Gasteiger partial charge in [0.15, 0.2) is 11.5 Å². The molecule has 130 valence electrons. The Bertz CT molecular complexity index is 609. The van der Waals surface area contributed by atoms with Crippen LogP contribution in [0.1, 0.15) is 12.0 Å². The molecule has 0 fully saturated rings. The van der Waals surface area contributed by atoms with E-state index in [1.54, 1.807) is 38.5 Å². The summed E-state index contributed by atoms with van der Waals surface area (Å²) in [5.74, 6) is 0.627. The molecular formula is C18H23NO5. The van der Waals surface area contributed by atoms with Crippen LogP contribution in [0.2, 0.25) is 0 Å². The van der Waals surface area contributed by atoms with Gasteiger partial charge in [0.05, 0.1) is 27.8 Å². The Morgan fingerprint density at radius 1 is 1.17 bits per heavy atom. The Balaban J connectivity index is 2.80. The van der Waals surface area contributed by atoms with Crippen molar-refractivity contribution in [3.63, 3.8) is 0 Å². The van der Waals surface area contributed by atoms with Crippen molar-refractivity contribution < 1.29 is 23.8 Å². The Kier molecular flexibility index (Phi) is 8.11. The number of benzene rings is 1. The second-order valence-corrected chi connectivity index (χ2v) is 4.85. The lowest BCUT2D eigenvalue weighted by Gasteiger charge is -2.18. The lowest BCUT2D eigenvalue weighted by molar-refractivity contribution is -0.141. The molecule has 0 aliphatic carbocycles. The largest absolute Gasteiger partial charge is 0.493 e. The number of carbonyl (C=O) groups excluding carboxylic acids is 2. The maximum Gasteiger partial charge on any atom is 0.307 e. The van der Waals surface area contributed by atoms with E-state index in [4.69, 9.17) is 9.47 Å². The van der Waals surface area contributed by atoms with Crippen molar-refractivity contribution in [2.45, 2.75) is 6.42 Å². The number of rotatable bonds is 9. The van der Waals surface area contributed by atoms with Crippen LogP contribution in [0.5, 0.6) is 11.5 Å². The zero-order valence-electron chi connectivity index (χ0n) is 14.3. The highest BCUT2D eigenvalue weighted by molar-refractivity contribution is 5.92. The maximum atomic E-state index is 12.3. The molecular weight excluding hydrogens is 310 g/mol. The number of ether oxygens (including phenoxy) is 3. The van der Waals surface area contributed by atoms with E-state index in [9.17, 15) is 9.59 Å². The molecule has 0 heterocycles. The summed E-state index contributed by atoms with van der Waals surface area (Å²) in [6, 6.07) is 5.36. The second kappa shape index (κ2) is 10.1. The highest BCUT2D eigenvalue weighted by Gasteiger charge is 2.11. The van der Waals surface area contributed by atoms with Crippen LogP contribution in [0.15, 0.2) is 36.9 Å². The number of methoxy groups -OCH3 is 3. The van der Waals surface area contributed by atoms with Gasteiger partial charge in [-0.3, -0.25) is 9.59 Å². The number of carbonyl (C=O) groups is 2. The molecule has 0 aliphatic rings. The van der Waals surface area contributed by atoms with Gasteiger partial charge >= 0.3 is 5.97 Å². The van der Waals surface area contributed by atoms with E-state index >= 15 is 0 Å². The second-order valence-electron chi connectivity index (χ2n) is 4.85. The lowest BCUT2D eigenvalue weighted by atomic mass is 10.2. The molecule has 0 N–H and O–H groups in total. The third-order valence-electron chi connectivity index (χ3n) is 3.30. The molecule has 0 spiro atoms. The molecule has 1 aromatic rings. The number of esters is 1. The van der Waals surface area contributed by atoms with Crippen molar-refractivity contribution in [2.24, 2.45) is 0 Å². The lowest BCUT2D eigenvalue weighted by Crippen LogP contribution is -2.32.